The fraction of sp³-hybridized carbons (Fsp3) is 0.478. The van der Waals surface area contributed by atoms with Gasteiger partial charge in [-0.2, -0.15) is 4.98 Å². The number of anilines is 2. The van der Waals surface area contributed by atoms with Gasteiger partial charge in [-0.25, -0.2) is 32.0 Å². The minimum absolute atomic E-state index is 0.0869. The van der Waals surface area contributed by atoms with Gasteiger partial charge < -0.3 is 20.1 Å². The smallest absolute Gasteiger partial charge is 0.280 e. The molecule has 0 bridgehead atoms. The molecule has 1 saturated heterocycles. The molecule has 0 amide bonds. The molecule has 4 aromatic heterocycles. The highest BCUT2D eigenvalue weighted by molar-refractivity contribution is 5.89. The number of imidazole rings is 1. The number of hydrogen-bond donors (Lipinski definition) is 2. The van der Waals surface area contributed by atoms with Crippen LogP contribution in [0.3, 0.4) is 0 Å². The maximum absolute atomic E-state index is 14.6. The van der Waals surface area contributed by atoms with Gasteiger partial charge in [0.1, 0.15) is 16.9 Å². The van der Waals surface area contributed by atoms with Crippen LogP contribution in [-0.2, 0) is 6.54 Å². The lowest BCUT2D eigenvalue weighted by molar-refractivity contribution is -0.0675. The Labute approximate surface area is 204 Å². The lowest BCUT2D eigenvalue weighted by Gasteiger charge is -2.36. The summed E-state index contributed by atoms with van der Waals surface area (Å²) in [7, 11) is 1.67. The lowest BCUT2D eigenvalue weighted by atomic mass is 10.0. The number of nitrogens with one attached hydrogen (secondary N) is 2. The maximum atomic E-state index is 14.6. The first-order chi connectivity index (χ1) is 17.2. The zero-order valence-corrected chi connectivity index (χ0v) is 20.1. The van der Waals surface area contributed by atoms with Crippen LogP contribution in [0.15, 0.2) is 24.4 Å². The Hall–Kier alpha value is -3.48. The van der Waals surface area contributed by atoms with Gasteiger partial charge in [0.15, 0.2) is 11.5 Å². The second-order valence-electron chi connectivity index (χ2n) is 9.02. The Morgan fingerprint density at radius 3 is 2.69 bits per heavy atom. The molecule has 0 spiro atoms. The van der Waals surface area contributed by atoms with Crippen molar-refractivity contribution in [1.82, 2.24) is 34.0 Å². The van der Waals surface area contributed by atoms with Crippen LogP contribution in [0, 0.1) is 6.92 Å². The first-order valence-electron chi connectivity index (χ1n) is 11.7. The summed E-state index contributed by atoms with van der Waals surface area (Å²) >= 11 is 0. The van der Waals surface area contributed by atoms with Crippen LogP contribution in [0.4, 0.5) is 29.3 Å². The van der Waals surface area contributed by atoms with Crippen molar-refractivity contribution in [2.45, 2.75) is 45.2 Å². The molecule has 9 nitrogen and oxygen atoms in total. The second-order valence-corrected chi connectivity index (χ2v) is 9.02. The van der Waals surface area contributed by atoms with Crippen molar-refractivity contribution in [3.8, 4) is 11.3 Å². The molecule has 0 unspecified atom stereocenters. The highest BCUT2D eigenvalue weighted by Crippen LogP contribution is 2.32. The second kappa shape index (κ2) is 9.19. The van der Waals surface area contributed by atoms with E-state index in [2.05, 4.69) is 30.7 Å². The van der Waals surface area contributed by atoms with Gasteiger partial charge in [0.05, 0.1) is 24.8 Å². The van der Waals surface area contributed by atoms with Gasteiger partial charge in [-0.1, -0.05) is 0 Å². The summed E-state index contributed by atoms with van der Waals surface area (Å²) in [6.07, 6.45) is -0.592. The molecule has 2 N–H and O–H groups in total. The van der Waals surface area contributed by atoms with Crippen molar-refractivity contribution >= 4 is 28.4 Å². The first kappa shape index (κ1) is 24.2. The topological polar surface area (TPSA) is 88.2 Å². The van der Waals surface area contributed by atoms with E-state index in [0.29, 0.717) is 52.7 Å². The van der Waals surface area contributed by atoms with Crippen molar-refractivity contribution in [3.63, 3.8) is 0 Å². The summed E-state index contributed by atoms with van der Waals surface area (Å²) in [4.78, 5) is 15.1. The molecule has 5 heterocycles. The van der Waals surface area contributed by atoms with Crippen molar-refractivity contribution < 1.29 is 17.6 Å². The minimum atomic E-state index is -2.93. The van der Waals surface area contributed by atoms with E-state index in [1.807, 2.05) is 6.92 Å². The number of fused-ring (bicyclic) bond motifs is 2. The lowest BCUT2D eigenvalue weighted by Crippen LogP contribution is -2.53. The van der Waals surface area contributed by atoms with Gasteiger partial charge in [-0.15, -0.1) is 5.10 Å². The third-order valence-electron chi connectivity index (χ3n) is 6.33. The van der Waals surface area contributed by atoms with E-state index in [1.165, 1.54) is 4.57 Å². The maximum Gasteiger partial charge on any atom is 0.280 e. The molecule has 1 atom stereocenters. The number of rotatable bonds is 7. The number of hydrogen-bond acceptors (Lipinski definition) is 7. The van der Waals surface area contributed by atoms with E-state index < -0.39 is 24.9 Å². The van der Waals surface area contributed by atoms with Crippen molar-refractivity contribution in [2.75, 3.05) is 37.3 Å². The summed E-state index contributed by atoms with van der Waals surface area (Å²) in [6.45, 7) is 3.80. The molecule has 0 aliphatic carbocycles. The summed E-state index contributed by atoms with van der Waals surface area (Å²) < 4.78 is 58.4. The molecule has 13 heteroatoms. The third-order valence-corrected chi connectivity index (χ3v) is 6.33. The zero-order valence-electron chi connectivity index (χ0n) is 20.1. The first-order valence-corrected chi connectivity index (χ1v) is 11.7. The van der Waals surface area contributed by atoms with Crippen LogP contribution in [0.25, 0.3) is 27.9 Å². The Bertz CT molecular complexity index is 1400. The monoisotopic (exact) mass is 505 g/mol. The fourth-order valence-corrected chi connectivity index (χ4v) is 4.65. The Morgan fingerprint density at radius 1 is 1.17 bits per heavy atom. The Kier molecular flexibility index (Phi) is 6.18. The van der Waals surface area contributed by atoms with Crippen molar-refractivity contribution in [3.05, 3.63) is 30.2 Å². The predicted molar refractivity (Wildman–Crippen MR) is 129 cm³/mol. The number of nitrogens with zero attached hydrogens (tertiary/aromatic N) is 7. The largest absolute Gasteiger partial charge is 0.368 e. The average Bonchev–Trinajstić information content (AvgIpc) is 3.36. The minimum Gasteiger partial charge on any atom is -0.368 e. The van der Waals surface area contributed by atoms with Gasteiger partial charge in [0.25, 0.3) is 12.3 Å². The van der Waals surface area contributed by atoms with Crippen LogP contribution in [0.2, 0.25) is 0 Å². The van der Waals surface area contributed by atoms with Crippen molar-refractivity contribution in [2.24, 2.45) is 0 Å². The molecule has 36 heavy (non-hydrogen) atoms. The molecule has 1 fully saturated rings. The number of aryl methyl sites for hydroxylation is 1. The molecule has 192 valence electrons. The number of likely N-dealkylation sites (tertiary alicyclic amines) is 1. The van der Waals surface area contributed by atoms with Gasteiger partial charge in [0, 0.05) is 24.8 Å². The molecule has 0 aromatic carbocycles. The molecule has 0 radical (unpaired) electrons. The van der Waals surface area contributed by atoms with E-state index in [-0.39, 0.29) is 18.9 Å². The molecule has 4 aromatic rings. The number of alkyl halides is 4. The highest BCUT2D eigenvalue weighted by atomic mass is 19.3. The number of halogens is 4. The van der Waals surface area contributed by atoms with Crippen LogP contribution in [0.5, 0.6) is 0 Å². The SMILES string of the molecule is CCNc1nc(N[C@@H]2CCN(C)CC2(F)F)nn2ccc(-c3ccc4nc(C)n(CC(F)F)c4n3)c12. The van der Waals surface area contributed by atoms with Gasteiger partial charge in [0.2, 0.25) is 5.95 Å². The Balaban J connectivity index is 1.55. The van der Waals surface area contributed by atoms with Gasteiger partial charge in [-0.3, -0.25) is 0 Å². The molecule has 1 aliphatic rings. The van der Waals surface area contributed by atoms with E-state index in [4.69, 9.17) is 0 Å². The van der Waals surface area contributed by atoms with Gasteiger partial charge >= 0.3 is 0 Å². The van der Waals surface area contributed by atoms with Crippen LogP contribution >= 0.6 is 0 Å². The summed E-state index contributed by atoms with van der Waals surface area (Å²) in [5.41, 5.74) is 2.69. The highest BCUT2D eigenvalue weighted by Gasteiger charge is 2.44. The number of piperidine rings is 1. The molecular weight excluding hydrogens is 478 g/mol. The van der Waals surface area contributed by atoms with E-state index in [1.54, 1.807) is 47.8 Å². The molecule has 0 saturated carbocycles. The molecule has 5 rings (SSSR count). The standard InChI is InChI=1S/C23H27F4N9/c1-4-28-20-19-14(15-5-6-16-21(30-15)35(11-18(24)25)13(2)29-16)7-10-36(19)33-22(32-20)31-17-8-9-34(3)12-23(17,26)27/h5-7,10,17-18H,4,8-9,11-12H2,1-3H3,(H2,28,31,32,33)/t17-/m1/s1. The van der Waals surface area contributed by atoms with Crippen LogP contribution < -0.4 is 10.6 Å². The fourth-order valence-electron chi connectivity index (χ4n) is 4.65. The van der Waals surface area contributed by atoms with E-state index in [0.717, 1.165) is 0 Å². The number of pyridine rings is 1. The molecule has 1 aliphatic heterocycles. The predicted octanol–water partition coefficient (Wildman–Crippen LogP) is 3.90. The Morgan fingerprint density at radius 2 is 1.97 bits per heavy atom. The van der Waals surface area contributed by atoms with Gasteiger partial charge in [-0.05, 0) is 45.5 Å². The summed E-state index contributed by atoms with van der Waals surface area (Å²) in [5.74, 6) is -1.94. The van der Waals surface area contributed by atoms with E-state index >= 15 is 0 Å². The molecular formula is C23H27F4N9. The average molecular weight is 506 g/mol. The van der Waals surface area contributed by atoms with Crippen LogP contribution in [0.1, 0.15) is 19.2 Å². The van der Waals surface area contributed by atoms with Crippen molar-refractivity contribution in [1.29, 1.82) is 0 Å². The normalized spacial score (nSPS) is 18.4. The summed E-state index contributed by atoms with van der Waals surface area (Å²) in [5, 5.41) is 10.4. The quantitative estimate of drug-likeness (QED) is 0.369. The van der Waals surface area contributed by atoms with E-state index in [9.17, 15) is 17.6 Å². The van der Waals surface area contributed by atoms with Crippen LogP contribution in [-0.4, -0.2) is 79.1 Å². The zero-order chi connectivity index (χ0) is 25.6. The summed E-state index contributed by atoms with van der Waals surface area (Å²) in [6, 6.07) is 4.20. The third kappa shape index (κ3) is 4.43. The number of aromatic nitrogens is 6.